The molecular formula is C38H64N2O6. The van der Waals surface area contributed by atoms with Gasteiger partial charge in [-0.1, -0.05) is 0 Å². The highest BCUT2D eigenvalue weighted by Crippen LogP contribution is 2.61. The molecule has 8 heteroatoms. The van der Waals surface area contributed by atoms with Gasteiger partial charge in [-0.3, -0.25) is 9.69 Å². The molecule has 0 unspecified atom stereocenters. The maximum absolute atomic E-state index is 13.2. The Bertz CT molecular complexity index is 951. The zero-order chi connectivity index (χ0) is 31.7. The Hall–Kier alpha value is -0.770. The number of hydrogen-bond acceptors (Lipinski definition) is 7. The van der Waals surface area contributed by atoms with Gasteiger partial charge in [0.15, 0.2) is 0 Å². The lowest BCUT2D eigenvalue weighted by Crippen LogP contribution is -2.50. The molecule has 0 aromatic carbocycles. The number of aliphatic hydroxyl groups is 3. The second kappa shape index (κ2) is 14.6. The number of hydrogen-bond donors (Lipinski definition) is 4. The molecular weight excluding hydrogens is 580 g/mol. The third-order valence-electron chi connectivity index (χ3n) is 13.9. The molecule has 1 heterocycles. The van der Waals surface area contributed by atoms with Gasteiger partial charge in [0.2, 0.25) is 5.91 Å². The van der Waals surface area contributed by atoms with Gasteiger partial charge >= 0.3 is 0 Å². The molecule has 8 nitrogen and oxygen atoms in total. The summed E-state index contributed by atoms with van der Waals surface area (Å²) in [6, 6.07) is -1.45. The lowest BCUT2D eigenvalue weighted by Gasteiger charge is -2.56. The Kier molecular flexibility index (Phi) is 10.7. The SMILES string of the molecule is O=C(NCCCCCOCC12CC3CC(CC(C3)C1)C2)[C@H]1[C@@H](O)[C@@H](O)[C@@H](CO)N1CCCCCOCC12CC3CC(CC(C3)C1)C2. The molecule has 8 bridgehead atoms. The molecule has 0 radical (unpaired) electrons. The highest BCUT2D eigenvalue weighted by molar-refractivity contribution is 5.83. The molecule has 4 atom stereocenters. The van der Waals surface area contributed by atoms with E-state index < -0.39 is 24.3 Å². The summed E-state index contributed by atoms with van der Waals surface area (Å²) in [7, 11) is 0. The fourth-order valence-electron chi connectivity index (χ4n) is 12.8. The Morgan fingerprint density at radius 2 is 1.11 bits per heavy atom. The summed E-state index contributed by atoms with van der Waals surface area (Å²) < 4.78 is 12.5. The molecule has 9 fully saturated rings. The van der Waals surface area contributed by atoms with Crippen LogP contribution in [-0.4, -0.2) is 96.5 Å². The minimum atomic E-state index is -1.20. The number of ether oxygens (including phenoxy) is 2. The summed E-state index contributed by atoms with van der Waals surface area (Å²) in [5.74, 6) is 5.48. The van der Waals surface area contributed by atoms with Crippen LogP contribution in [0.1, 0.15) is 116 Å². The Balaban J connectivity index is 0.764. The molecule has 8 saturated carbocycles. The second-order valence-electron chi connectivity index (χ2n) is 17.8. The molecule has 46 heavy (non-hydrogen) atoms. The van der Waals surface area contributed by atoms with Crippen LogP contribution < -0.4 is 5.32 Å². The summed E-state index contributed by atoms with van der Waals surface area (Å²) in [5, 5.41) is 34.4. The van der Waals surface area contributed by atoms with Crippen LogP contribution in [-0.2, 0) is 14.3 Å². The van der Waals surface area contributed by atoms with Gasteiger partial charge in [0, 0.05) is 19.8 Å². The van der Waals surface area contributed by atoms with Gasteiger partial charge in [-0.2, -0.15) is 0 Å². The van der Waals surface area contributed by atoms with Crippen molar-refractivity contribution in [3.05, 3.63) is 0 Å². The van der Waals surface area contributed by atoms with E-state index in [1.807, 2.05) is 4.90 Å². The van der Waals surface area contributed by atoms with E-state index in [1.54, 1.807) is 0 Å². The summed E-state index contributed by atoms with van der Waals surface area (Å²) in [5.41, 5.74) is 0.919. The van der Waals surface area contributed by atoms with Crippen LogP contribution in [0.25, 0.3) is 0 Å². The van der Waals surface area contributed by atoms with E-state index in [1.165, 1.54) is 77.0 Å². The van der Waals surface area contributed by atoms with E-state index in [9.17, 15) is 20.1 Å². The van der Waals surface area contributed by atoms with Crippen LogP contribution >= 0.6 is 0 Å². The number of rotatable bonds is 18. The van der Waals surface area contributed by atoms with E-state index in [-0.39, 0.29) is 12.5 Å². The summed E-state index contributed by atoms with van der Waals surface area (Å²) >= 11 is 0. The molecule has 0 aromatic heterocycles. The molecule has 9 aliphatic rings. The molecule has 0 aromatic rings. The monoisotopic (exact) mass is 644 g/mol. The molecule has 1 aliphatic heterocycles. The Labute approximate surface area is 277 Å². The largest absolute Gasteiger partial charge is 0.395 e. The number of nitrogens with zero attached hydrogens (tertiary/aromatic N) is 1. The fourth-order valence-corrected chi connectivity index (χ4v) is 12.8. The van der Waals surface area contributed by atoms with Crippen molar-refractivity contribution < 1.29 is 29.6 Å². The summed E-state index contributed by atoms with van der Waals surface area (Å²) in [6.45, 7) is 4.26. The van der Waals surface area contributed by atoms with E-state index in [0.29, 0.717) is 23.9 Å². The number of nitrogens with one attached hydrogen (secondary N) is 1. The molecule has 9 rings (SSSR count). The molecule has 262 valence electrons. The van der Waals surface area contributed by atoms with Crippen molar-refractivity contribution in [1.29, 1.82) is 0 Å². The van der Waals surface area contributed by atoms with Crippen molar-refractivity contribution in [2.45, 2.75) is 140 Å². The third-order valence-corrected chi connectivity index (χ3v) is 13.9. The standard InChI is InChI=1S/C38H64N2O6/c41-23-32-34(42)35(43)33(40(32)8-4-2-6-10-46-25-38-20-29-14-30(21-38)16-31(15-29)22-38)36(44)39-7-3-1-5-9-45-24-37-17-26-11-27(18-37)13-28(12-26)19-37/h26-35,41-43H,1-25H2,(H,39,44)/t26?,27?,28?,29?,30?,31?,32-,33-,34+,35-,37?,38?/m1/s1. The highest BCUT2D eigenvalue weighted by Gasteiger charge is 2.52. The average molecular weight is 645 g/mol. The number of aliphatic hydroxyl groups excluding tert-OH is 3. The average Bonchev–Trinajstić information content (AvgIpc) is 3.24. The number of carbonyl (C=O) groups is 1. The van der Waals surface area contributed by atoms with Gasteiger partial charge in [0.05, 0.1) is 32.0 Å². The maximum Gasteiger partial charge on any atom is 0.240 e. The Morgan fingerprint density at radius 3 is 1.57 bits per heavy atom. The first-order valence-corrected chi connectivity index (χ1v) is 19.5. The molecule has 1 amide bonds. The van der Waals surface area contributed by atoms with Crippen molar-refractivity contribution in [2.75, 3.05) is 46.1 Å². The van der Waals surface area contributed by atoms with Crippen molar-refractivity contribution in [1.82, 2.24) is 10.2 Å². The molecule has 1 saturated heterocycles. The van der Waals surface area contributed by atoms with Crippen LogP contribution in [0.2, 0.25) is 0 Å². The minimum Gasteiger partial charge on any atom is -0.395 e. The van der Waals surface area contributed by atoms with Crippen LogP contribution in [0.3, 0.4) is 0 Å². The predicted molar refractivity (Wildman–Crippen MR) is 177 cm³/mol. The quantitative estimate of drug-likeness (QED) is 0.161. The minimum absolute atomic E-state index is 0.250. The lowest BCUT2D eigenvalue weighted by molar-refractivity contribution is -0.129. The van der Waals surface area contributed by atoms with Crippen LogP contribution in [0.15, 0.2) is 0 Å². The van der Waals surface area contributed by atoms with Gasteiger partial charge in [-0.25, -0.2) is 0 Å². The zero-order valence-electron chi connectivity index (χ0n) is 28.5. The lowest BCUT2D eigenvalue weighted by atomic mass is 9.50. The summed E-state index contributed by atoms with van der Waals surface area (Å²) in [6.07, 6.45) is 20.4. The predicted octanol–water partition coefficient (Wildman–Crippen LogP) is 4.68. The highest BCUT2D eigenvalue weighted by atomic mass is 16.5. The van der Waals surface area contributed by atoms with E-state index in [4.69, 9.17) is 9.47 Å². The van der Waals surface area contributed by atoms with Gasteiger partial charge in [-0.15, -0.1) is 0 Å². The first-order valence-electron chi connectivity index (χ1n) is 19.5. The van der Waals surface area contributed by atoms with Crippen LogP contribution in [0, 0.1) is 46.3 Å². The van der Waals surface area contributed by atoms with Crippen molar-refractivity contribution in [2.24, 2.45) is 46.3 Å². The second-order valence-corrected chi connectivity index (χ2v) is 17.8. The Morgan fingerprint density at radius 1 is 0.652 bits per heavy atom. The van der Waals surface area contributed by atoms with E-state index in [0.717, 1.165) is 100 Å². The van der Waals surface area contributed by atoms with Crippen molar-refractivity contribution >= 4 is 5.91 Å². The van der Waals surface area contributed by atoms with Crippen LogP contribution in [0.5, 0.6) is 0 Å². The molecule has 0 spiro atoms. The van der Waals surface area contributed by atoms with Crippen molar-refractivity contribution in [3.63, 3.8) is 0 Å². The number of likely N-dealkylation sites (tertiary alicyclic amines) is 1. The topological polar surface area (TPSA) is 111 Å². The van der Waals surface area contributed by atoms with Gasteiger partial charge in [0.1, 0.15) is 12.1 Å². The van der Waals surface area contributed by atoms with Gasteiger partial charge in [0.25, 0.3) is 0 Å². The molecule has 8 aliphatic carbocycles. The summed E-state index contributed by atoms with van der Waals surface area (Å²) in [4.78, 5) is 15.0. The number of amides is 1. The molecule has 4 N–H and O–H groups in total. The van der Waals surface area contributed by atoms with E-state index >= 15 is 0 Å². The first kappa shape index (κ1) is 33.7. The van der Waals surface area contributed by atoms with Crippen LogP contribution in [0.4, 0.5) is 0 Å². The number of carbonyl (C=O) groups excluding carboxylic acids is 1. The normalized spacial score (nSPS) is 44.0. The smallest absolute Gasteiger partial charge is 0.240 e. The van der Waals surface area contributed by atoms with E-state index in [2.05, 4.69) is 5.32 Å². The third kappa shape index (κ3) is 7.38. The van der Waals surface area contributed by atoms with Gasteiger partial charge in [-0.05, 0) is 168 Å². The van der Waals surface area contributed by atoms with Gasteiger partial charge < -0.3 is 30.1 Å². The maximum atomic E-state index is 13.2. The fraction of sp³-hybridized carbons (Fsp3) is 0.974. The number of unbranched alkanes of at least 4 members (excludes halogenated alkanes) is 4. The zero-order valence-corrected chi connectivity index (χ0v) is 28.5. The first-order chi connectivity index (χ1) is 22.3. The van der Waals surface area contributed by atoms with Crippen molar-refractivity contribution in [3.8, 4) is 0 Å².